The molecule has 0 heterocycles. The van der Waals surface area contributed by atoms with E-state index in [9.17, 15) is 4.39 Å². The summed E-state index contributed by atoms with van der Waals surface area (Å²) in [5, 5.41) is 2.95. The standard InChI is InChI=1S/C10H11BrFN/c1-13-7-3-5-8-4-2-6-9(11)10(8)12/h2-6,13H,7H2,1H3. The van der Waals surface area contributed by atoms with Crippen molar-refractivity contribution in [1.29, 1.82) is 0 Å². The normalized spacial score (nSPS) is 11.0. The van der Waals surface area contributed by atoms with Crippen molar-refractivity contribution in [3.63, 3.8) is 0 Å². The molecular weight excluding hydrogens is 233 g/mol. The molecule has 0 saturated carbocycles. The fraction of sp³-hybridized carbons (Fsp3) is 0.200. The Hall–Kier alpha value is -0.670. The maximum atomic E-state index is 13.3. The predicted octanol–water partition coefficient (Wildman–Crippen LogP) is 2.82. The van der Waals surface area contributed by atoms with Gasteiger partial charge in [0.05, 0.1) is 4.47 Å². The fourth-order valence-electron chi connectivity index (χ4n) is 0.953. The van der Waals surface area contributed by atoms with Gasteiger partial charge in [0.15, 0.2) is 0 Å². The Morgan fingerprint density at radius 3 is 3.00 bits per heavy atom. The molecule has 1 aromatic carbocycles. The van der Waals surface area contributed by atoms with E-state index in [2.05, 4.69) is 21.2 Å². The minimum absolute atomic E-state index is 0.213. The second-order valence-electron chi connectivity index (χ2n) is 2.60. The van der Waals surface area contributed by atoms with E-state index in [0.29, 0.717) is 10.0 Å². The first kappa shape index (κ1) is 10.4. The maximum Gasteiger partial charge on any atom is 0.144 e. The van der Waals surface area contributed by atoms with Crippen LogP contribution in [0.3, 0.4) is 0 Å². The fourth-order valence-corrected chi connectivity index (χ4v) is 1.33. The summed E-state index contributed by atoms with van der Waals surface area (Å²) in [7, 11) is 1.85. The summed E-state index contributed by atoms with van der Waals surface area (Å²) in [6.45, 7) is 0.742. The summed E-state index contributed by atoms with van der Waals surface area (Å²) in [4.78, 5) is 0. The van der Waals surface area contributed by atoms with Crippen molar-refractivity contribution in [2.45, 2.75) is 0 Å². The van der Waals surface area contributed by atoms with Crippen molar-refractivity contribution in [2.24, 2.45) is 0 Å². The van der Waals surface area contributed by atoms with E-state index < -0.39 is 0 Å². The molecule has 13 heavy (non-hydrogen) atoms. The van der Waals surface area contributed by atoms with Gasteiger partial charge in [0.1, 0.15) is 5.82 Å². The maximum absolute atomic E-state index is 13.3. The van der Waals surface area contributed by atoms with Crippen LogP contribution in [0, 0.1) is 5.82 Å². The van der Waals surface area contributed by atoms with Crippen LogP contribution >= 0.6 is 15.9 Å². The molecule has 0 fully saturated rings. The highest BCUT2D eigenvalue weighted by Gasteiger charge is 2.01. The van der Waals surface area contributed by atoms with Gasteiger partial charge in [0.25, 0.3) is 0 Å². The highest BCUT2D eigenvalue weighted by molar-refractivity contribution is 9.10. The third-order valence-corrected chi connectivity index (χ3v) is 2.21. The van der Waals surface area contributed by atoms with E-state index in [-0.39, 0.29) is 5.82 Å². The number of nitrogens with one attached hydrogen (secondary N) is 1. The summed E-state index contributed by atoms with van der Waals surface area (Å²) < 4.78 is 13.8. The number of rotatable bonds is 3. The lowest BCUT2D eigenvalue weighted by Crippen LogP contribution is -2.03. The zero-order chi connectivity index (χ0) is 9.68. The molecule has 0 aliphatic rings. The summed E-state index contributed by atoms with van der Waals surface area (Å²) >= 11 is 3.13. The molecule has 1 nitrogen and oxygen atoms in total. The topological polar surface area (TPSA) is 12.0 Å². The van der Waals surface area contributed by atoms with Crippen LogP contribution in [0.25, 0.3) is 6.08 Å². The Balaban J connectivity index is 2.83. The number of benzene rings is 1. The Kier molecular flexibility index (Phi) is 4.12. The largest absolute Gasteiger partial charge is 0.316 e. The minimum atomic E-state index is -0.213. The Morgan fingerprint density at radius 2 is 2.31 bits per heavy atom. The minimum Gasteiger partial charge on any atom is -0.316 e. The van der Waals surface area contributed by atoms with Crippen LogP contribution in [0.15, 0.2) is 28.7 Å². The van der Waals surface area contributed by atoms with Gasteiger partial charge in [-0.25, -0.2) is 4.39 Å². The van der Waals surface area contributed by atoms with Gasteiger partial charge >= 0.3 is 0 Å². The molecule has 0 atom stereocenters. The second kappa shape index (κ2) is 5.14. The number of hydrogen-bond acceptors (Lipinski definition) is 1. The Bertz CT molecular complexity index is 310. The van der Waals surface area contributed by atoms with Crippen LogP contribution in [-0.2, 0) is 0 Å². The van der Waals surface area contributed by atoms with Crippen molar-refractivity contribution in [1.82, 2.24) is 5.32 Å². The summed E-state index contributed by atoms with van der Waals surface area (Å²) in [5.74, 6) is -0.213. The highest BCUT2D eigenvalue weighted by Crippen LogP contribution is 2.19. The lowest BCUT2D eigenvalue weighted by molar-refractivity contribution is 0.618. The summed E-state index contributed by atoms with van der Waals surface area (Å²) in [5.41, 5.74) is 0.602. The predicted molar refractivity (Wildman–Crippen MR) is 57.1 cm³/mol. The van der Waals surface area contributed by atoms with Crippen molar-refractivity contribution < 1.29 is 4.39 Å². The van der Waals surface area contributed by atoms with Crippen LogP contribution in [0.1, 0.15) is 5.56 Å². The van der Waals surface area contributed by atoms with Gasteiger partial charge in [-0.1, -0.05) is 24.3 Å². The van der Waals surface area contributed by atoms with Crippen LogP contribution < -0.4 is 5.32 Å². The lowest BCUT2D eigenvalue weighted by Gasteiger charge is -1.98. The first-order valence-electron chi connectivity index (χ1n) is 4.01. The van der Waals surface area contributed by atoms with Gasteiger partial charge in [0, 0.05) is 12.1 Å². The molecular formula is C10H11BrFN. The van der Waals surface area contributed by atoms with E-state index in [0.717, 1.165) is 6.54 Å². The second-order valence-corrected chi connectivity index (χ2v) is 3.46. The quantitative estimate of drug-likeness (QED) is 0.862. The van der Waals surface area contributed by atoms with Crippen LogP contribution in [0.5, 0.6) is 0 Å². The van der Waals surface area contributed by atoms with E-state index >= 15 is 0 Å². The first-order chi connectivity index (χ1) is 6.25. The molecule has 0 bridgehead atoms. The molecule has 1 aromatic rings. The Morgan fingerprint density at radius 1 is 1.54 bits per heavy atom. The van der Waals surface area contributed by atoms with E-state index in [1.807, 2.05) is 19.2 Å². The average molecular weight is 244 g/mol. The molecule has 3 heteroatoms. The molecule has 0 aliphatic carbocycles. The van der Waals surface area contributed by atoms with Crippen LogP contribution in [0.4, 0.5) is 4.39 Å². The zero-order valence-electron chi connectivity index (χ0n) is 7.35. The SMILES string of the molecule is CNCC=Cc1cccc(Br)c1F. The molecule has 70 valence electrons. The van der Waals surface area contributed by atoms with Gasteiger partial charge in [-0.05, 0) is 29.0 Å². The average Bonchev–Trinajstić information content (AvgIpc) is 2.13. The highest BCUT2D eigenvalue weighted by atomic mass is 79.9. The third-order valence-electron chi connectivity index (χ3n) is 1.60. The summed E-state index contributed by atoms with van der Waals surface area (Å²) in [6.07, 6.45) is 3.64. The lowest BCUT2D eigenvalue weighted by atomic mass is 10.2. The van der Waals surface area contributed by atoms with Gasteiger partial charge in [-0.3, -0.25) is 0 Å². The molecule has 0 spiro atoms. The molecule has 0 radical (unpaired) electrons. The van der Waals surface area contributed by atoms with Gasteiger partial charge in [-0.15, -0.1) is 0 Å². The number of hydrogen-bond donors (Lipinski definition) is 1. The molecule has 1 N–H and O–H groups in total. The summed E-state index contributed by atoms with van der Waals surface area (Å²) in [6, 6.07) is 5.24. The Labute approximate surface area is 85.8 Å². The van der Waals surface area contributed by atoms with Crippen LogP contribution in [-0.4, -0.2) is 13.6 Å². The molecule has 0 amide bonds. The van der Waals surface area contributed by atoms with Gasteiger partial charge < -0.3 is 5.32 Å². The number of likely N-dealkylation sites (N-methyl/N-ethyl adjacent to an activating group) is 1. The smallest absolute Gasteiger partial charge is 0.144 e. The molecule has 0 aromatic heterocycles. The number of halogens is 2. The van der Waals surface area contributed by atoms with Crippen molar-refractivity contribution >= 4 is 22.0 Å². The van der Waals surface area contributed by atoms with Gasteiger partial charge in [0.2, 0.25) is 0 Å². The third kappa shape index (κ3) is 2.94. The molecule has 1 rings (SSSR count). The zero-order valence-corrected chi connectivity index (χ0v) is 8.94. The van der Waals surface area contributed by atoms with Gasteiger partial charge in [-0.2, -0.15) is 0 Å². The monoisotopic (exact) mass is 243 g/mol. The molecule has 0 saturated heterocycles. The molecule has 0 unspecified atom stereocenters. The molecule has 0 aliphatic heterocycles. The van der Waals surface area contributed by atoms with E-state index in [1.54, 1.807) is 18.2 Å². The first-order valence-corrected chi connectivity index (χ1v) is 4.80. The van der Waals surface area contributed by atoms with Crippen LogP contribution in [0.2, 0.25) is 0 Å². The van der Waals surface area contributed by atoms with Crippen molar-refractivity contribution in [2.75, 3.05) is 13.6 Å². The van der Waals surface area contributed by atoms with E-state index in [1.165, 1.54) is 0 Å². The van der Waals surface area contributed by atoms with Crippen molar-refractivity contribution in [3.8, 4) is 0 Å². The van der Waals surface area contributed by atoms with E-state index in [4.69, 9.17) is 0 Å². The van der Waals surface area contributed by atoms with Crippen molar-refractivity contribution in [3.05, 3.63) is 40.1 Å².